The van der Waals surface area contributed by atoms with Gasteiger partial charge in [0.25, 0.3) is 17.0 Å². The number of alkyl halides is 1. The zero-order valence-electron chi connectivity index (χ0n) is 22.8. The molecular weight excluding hydrogens is 760 g/mol. The van der Waals surface area contributed by atoms with Gasteiger partial charge in [-0.1, -0.05) is 15.9 Å². The molecule has 0 atom stereocenters. The lowest BCUT2D eigenvalue weighted by atomic mass is 10.3. The number of aromatic nitrogens is 4. The van der Waals surface area contributed by atoms with Gasteiger partial charge >= 0.3 is 0 Å². The SMILES string of the molecule is Cn1cc(Br)cc(Nc2ccc(O)cn2)c1=O.Cn1cc(Br)cc(Nc2ccc(OCC(N)=O)cn2)c1=O.NC(=O)CBr. The van der Waals surface area contributed by atoms with Crippen molar-refractivity contribution in [2.24, 2.45) is 25.6 Å². The van der Waals surface area contributed by atoms with Crippen molar-refractivity contribution in [1.82, 2.24) is 19.1 Å². The Labute approximate surface area is 270 Å². The van der Waals surface area contributed by atoms with E-state index < -0.39 is 5.91 Å². The molecule has 0 fully saturated rings. The zero-order chi connectivity index (χ0) is 32.1. The third kappa shape index (κ3) is 12.3. The summed E-state index contributed by atoms with van der Waals surface area (Å²) in [4.78, 5) is 51.9. The molecule has 7 N–H and O–H groups in total. The van der Waals surface area contributed by atoms with Crippen molar-refractivity contribution < 1.29 is 19.4 Å². The Balaban J connectivity index is 0.000000264. The number of carbonyl (C=O) groups excluding carboxylic acids is 2. The normalized spacial score (nSPS) is 9.88. The maximum atomic E-state index is 11.9. The summed E-state index contributed by atoms with van der Waals surface area (Å²) < 4.78 is 9.58. The number of nitrogens with two attached hydrogens (primary N) is 2. The smallest absolute Gasteiger partial charge is 0.274 e. The molecule has 0 aliphatic rings. The van der Waals surface area contributed by atoms with Gasteiger partial charge in [0, 0.05) is 35.4 Å². The van der Waals surface area contributed by atoms with Gasteiger partial charge in [-0.3, -0.25) is 19.2 Å². The Hall–Kier alpha value is -4.22. The molecule has 0 aliphatic carbocycles. The second-order valence-electron chi connectivity index (χ2n) is 8.36. The molecular formula is C26H27Br3N8O6. The first-order valence-electron chi connectivity index (χ1n) is 11.9. The number of amides is 2. The molecule has 14 nitrogen and oxygen atoms in total. The Morgan fingerprint density at radius 1 is 0.860 bits per heavy atom. The van der Waals surface area contributed by atoms with Crippen LogP contribution in [0.3, 0.4) is 0 Å². The Morgan fingerprint density at radius 3 is 1.70 bits per heavy atom. The molecule has 0 spiro atoms. The fourth-order valence-electron chi connectivity index (χ4n) is 2.95. The predicted molar refractivity (Wildman–Crippen MR) is 173 cm³/mol. The zero-order valence-corrected chi connectivity index (χ0v) is 27.5. The number of rotatable bonds is 8. The largest absolute Gasteiger partial charge is 0.506 e. The topological polar surface area (TPSA) is 209 Å². The van der Waals surface area contributed by atoms with Crippen molar-refractivity contribution in [3.8, 4) is 11.5 Å². The van der Waals surface area contributed by atoms with Crippen LogP contribution >= 0.6 is 47.8 Å². The van der Waals surface area contributed by atoms with Crippen molar-refractivity contribution in [2.75, 3.05) is 22.6 Å². The van der Waals surface area contributed by atoms with E-state index in [0.717, 1.165) is 8.95 Å². The van der Waals surface area contributed by atoms with Crippen LogP contribution in [-0.4, -0.2) is 48.0 Å². The van der Waals surface area contributed by atoms with Gasteiger partial charge < -0.3 is 41.1 Å². The number of aromatic hydroxyl groups is 1. The third-order valence-electron chi connectivity index (χ3n) is 4.82. The molecule has 2 amide bonds. The number of primary amides is 2. The number of ether oxygens (including phenoxy) is 1. The summed E-state index contributed by atoms with van der Waals surface area (Å²) in [5, 5.41) is 15.2. The van der Waals surface area contributed by atoms with Gasteiger partial charge in [-0.2, -0.15) is 0 Å². The van der Waals surface area contributed by atoms with Crippen LogP contribution in [0.1, 0.15) is 0 Å². The number of hydrogen-bond acceptors (Lipinski definition) is 10. The molecule has 17 heteroatoms. The van der Waals surface area contributed by atoms with Crippen LogP contribution in [0, 0.1) is 0 Å². The van der Waals surface area contributed by atoms with Gasteiger partial charge in [-0.25, -0.2) is 9.97 Å². The van der Waals surface area contributed by atoms with Crippen LogP contribution < -0.4 is 38.0 Å². The second-order valence-corrected chi connectivity index (χ2v) is 10.8. The Morgan fingerprint density at radius 2 is 1.33 bits per heavy atom. The average Bonchev–Trinajstić information content (AvgIpc) is 2.95. The molecule has 4 heterocycles. The van der Waals surface area contributed by atoms with E-state index in [1.54, 1.807) is 56.8 Å². The van der Waals surface area contributed by atoms with E-state index in [1.807, 2.05) is 0 Å². The first-order chi connectivity index (χ1) is 20.3. The predicted octanol–water partition coefficient (Wildman–Crippen LogP) is 3.01. The van der Waals surface area contributed by atoms with Gasteiger partial charge in [0.2, 0.25) is 5.91 Å². The molecule has 0 unspecified atom stereocenters. The maximum Gasteiger partial charge on any atom is 0.274 e. The highest BCUT2D eigenvalue weighted by Gasteiger charge is 2.06. The van der Waals surface area contributed by atoms with E-state index in [2.05, 4.69) is 74.1 Å². The lowest BCUT2D eigenvalue weighted by Gasteiger charge is -2.08. The number of carbonyl (C=O) groups is 2. The minimum atomic E-state index is -0.560. The standard InChI is InChI=1S/C13H13BrN4O3.C11H10BrN3O2.C2H4BrNO/c1-18-6-8(14)4-10(13(18)20)17-12-3-2-9(5-16-12)21-7-11(15)19;1-15-6-7(12)4-9(11(15)17)14-10-3-2-8(16)5-13-10;3-1-2(4)5/h2-6H,7H2,1H3,(H2,15,19)(H,16,17);2-6,16H,1H3,(H,13,14);1H2,(H2,4,5). The molecule has 0 radical (unpaired) electrons. The third-order valence-corrected chi connectivity index (χ3v) is 6.24. The molecule has 0 saturated heterocycles. The first kappa shape index (κ1) is 35.0. The van der Waals surface area contributed by atoms with Crippen LogP contribution in [0.15, 0.2) is 79.7 Å². The van der Waals surface area contributed by atoms with Gasteiger partial charge in [0.15, 0.2) is 6.61 Å². The minimum absolute atomic E-state index is 0.0812. The fraction of sp³-hybridized carbons (Fsp3) is 0.154. The van der Waals surface area contributed by atoms with Gasteiger partial charge in [-0.15, -0.1) is 0 Å². The molecule has 4 rings (SSSR count). The number of halogens is 3. The fourth-order valence-corrected chi connectivity index (χ4v) is 4.02. The average molecular weight is 787 g/mol. The quantitative estimate of drug-likeness (QED) is 0.165. The first-order valence-corrected chi connectivity index (χ1v) is 14.6. The van der Waals surface area contributed by atoms with Crippen molar-refractivity contribution in [3.05, 3.63) is 90.8 Å². The van der Waals surface area contributed by atoms with Gasteiger partial charge in [0.1, 0.15) is 34.5 Å². The number of nitrogens with one attached hydrogen (secondary N) is 2. The second kappa shape index (κ2) is 17.0. The monoisotopic (exact) mass is 784 g/mol. The lowest BCUT2D eigenvalue weighted by molar-refractivity contribution is -0.120. The molecule has 0 saturated carbocycles. The molecule has 4 aromatic heterocycles. The highest BCUT2D eigenvalue weighted by molar-refractivity contribution is 9.10. The molecule has 4 aromatic rings. The minimum Gasteiger partial charge on any atom is -0.506 e. The summed E-state index contributed by atoms with van der Waals surface area (Å²) in [5.74, 6) is 0.591. The molecule has 0 aliphatic heterocycles. The number of pyridine rings is 4. The van der Waals surface area contributed by atoms with Crippen LogP contribution in [0.4, 0.5) is 23.0 Å². The van der Waals surface area contributed by atoms with Gasteiger partial charge in [0.05, 0.1) is 17.7 Å². The van der Waals surface area contributed by atoms with E-state index in [9.17, 15) is 19.2 Å². The highest BCUT2D eigenvalue weighted by Crippen LogP contribution is 2.18. The van der Waals surface area contributed by atoms with E-state index in [1.165, 1.54) is 27.6 Å². The molecule has 43 heavy (non-hydrogen) atoms. The molecule has 0 aromatic carbocycles. The summed E-state index contributed by atoms with van der Waals surface area (Å²) >= 11 is 9.47. The highest BCUT2D eigenvalue weighted by atomic mass is 79.9. The maximum absolute atomic E-state index is 11.9. The van der Waals surface area contributed by atoms with Gasteiger partial charge in [-0.05, 0) is 68.3 Å². The lowest BCUT2D eigenvalue weighted by Crippen LogP contribution is -2.20. The number of anilines is 4. The summed E-state index contributed by atoms with van der Waals surface area (Å²) in [6.07, 6.45) is 6.10. The summed E-state index contributed by atoms with van der Waals surface area (Å²) in [5.41, 5.74) is 10.1. The number of aryl methyl sites for hydroxylation is 2. The summed E-state index contributed by atoms with van der Waals surface area (Å²) in [6, 6.07) is 9.70. The van der Waals surface area contributed by atoms with Crippen molar-refractivity contribution in [1.29, 1.82) is 0 Å². The van der Waals surface area contributed by atoms with E-state index in [4.69, 9.17) is 15.6 Å². The van der Waals surface area contributed by atoms with E-state index in [0.29, 0.717) is 28.8 Å². The molecule has 0 bridgehead atoms. The number of hydrogen-bond donors (Lipinski definition) is 5. The van der Waals surface area contributed by atoms with E-state index in [-0.39, 0.29) is 34.7 Å². The Kier molecular flexibility index (Phi) is 13.9. The van der Waals surface area contributed by atoms with Crippen molar-refractivity contribution in [3.63, 3.8) is 0 Å². The van der Waals surface area contributed by atoms with Crippen molar-refractivity contribution in [2.45, 2.75) is 0 Å². The Bertz CT molecular complexity index is 1660. The van der Waals surface area contributed by atoms with Crippen LogP contribution in [-0.2, 0) is 23.7 Å². The summed E-state index contributed by atoms with van der Waals surface area (Å²) in [6.45, 7) is -0.208. The van der Waals surface area contributed by atoms with Crippen molar-refractivity contribution >= 4 is 82.6 Å². The number of nitrogens with zero attached hydrogens (tertiary/aromatic N) is 4. The van der Waals surface area contributed by atoms with E-state index >= 15 is 0 Å². The van der Waals surface area contributed by atoms with Crippen LogP contribution in [0.5, 0.6) is 11.5 Å². The van der Waals surface area contributed by atoms with Crippen LogP contribution in [0.2, 0.25) is 0 Å². The van der Waals surface area contributed by atoms with Crippen LogP contribution in [0.25, 0.3) is 0 Å². The molecule has 228 valence electrons. The summed E-state index contributed by atoms with van der Waals surface area (Å²) in [7, 11) is 3.33.